The number of amides is 2. The lowest BCUT2D eigenvalue weighted by Crippen LogP contribution is -2.24. The van der Waals surface area contributed by atoms with Crippen molar-refractivity contribution in [2.75, 3.05) is 0 Å². The van der Waals surface area contributed by atoms with Gasteiger partial charge in [-0.3, -0.25) is 10.7 Å². The van der Waals surface area contributed by atoms with Gasteiger partial charge < -0.3 is 5.73 Å². The number of rotatable bonds is 4. The molecule has 0 saturated heterocycles. The molecule has 2 amide bonds. The Kier molecular flexibility index (Phi) is 4.55. The maximum Gasteiger partial charge on any atom is 0.332 e. The molecule has 0 atom stereocenters. The highest BCUT2D eigenvalue weighted by molar-refractivity contribution is 6.09. The third-order valence-corrected chi connectivity index (χ3v) is 1.71. The molecule has 0 spiro atoms. The van der Waals surface area contributed by atoms with Gasteiger partial charge in [0.1, 0.15) is 0 Å². The van der Waals surface area contributed by atoms with Gasteiger partial charge in [0, 0.05) is 11.8 Å². The Bertz CT molecular complexity index is 401. The van der Waals surface area contributed by atoms with Crippen molar-refractivity contribution in [1.29, 1.82) is 0 Å². The summed E-state index contributed by atoms with van der Waals surface area (Å²) in [6.07, 6.45) is 2.70. The average Bonchev–Trinajstić information content (AvgIpc) is 2.29. The maximum absolute atomic E-state index is 10.4. The van der Waals surface area contributed by atoms with Crippen LogP contribution in [0.25, 0.3) is 5.57 Å². The van der Waals surface area contributed by atoms with Crippen molar-refractivity contribution in [1.82, 2.24) is 10.9 Å². The van der Waals surface area contributed by atoms with Crippen LogP contribution in [0.4, 0.5) is 4.79 Å². The zero-order chi connectivity index (χ0) is 11.8. The molecule has 0 aromatic heterocycles. The maximum atomic E-state index is 10.4. The van der Waals surface area contributed by atoms with E-state index in [1.165, 1.54) is 12.4 Å². The number of carbonyl (C=O) groups is 1. The molecule has 0 saturated carbocycles. The predicted molar refractivity (Wildman–Crippen MR) is 60.6 cm³/mol. The molecule has 0 bridgehead atoms. The van der Waals surface area contributed by atoms with Crippen LogP contribution in [-0.4, -0.2) is 17.5 Å². The number of benzene rings is 1. The van der Waals surface area contributed by atoms with Gasteiger partial charge in [0.2, 0.25) is 0 Å². The number of allylic oxidation sites excluding steroid dienone is 1. The second kappa shape index (κ2) is 6.20. The largest absolute Gasteiger partial charge is 0.350 e. The molecule has 0 heterocycles. The van der Waals surface area contributed by atoms with E-state index in [4.69, 9.17) is 10.9 Å². The zero-order valence-corrected chi connectivity index (χ0v) is 8.42. The van der Waals surface area contributed by atoms with Crippen LogP contribution in [0.3, 0.4) is 0 Å². The molecule has 6 heteroatoms. The molecule has 0 unspecified atom stereocenters. The number of hydroxylamine groups is 1. The van der Waals surface area contributed by atoms with Crippen LogP contribution in [0.1, 0.15) is 5.56 Å². The molecule has 0 aliphatic heterocycles. The molecule has 5 N–H and O–H groups in total. The minimum atomic E-state index is -0.749. The van der Waals surface area contributed by atoms with E-state index >= 15 is 0 Å². The Morgan fingerprint density at radius 2 is 2.06 bits per heavy atom. The van der Waals surface area contributed by atoms with E-state index in [2.05, 4.69) is 10.5 Å². The molecule has 0 aliphatic carbocycles. The van der Waals surface area contributed by atoms with Crippen molar-refractivity contribution < 1.29 is 10.0 Å². The van der Waals surface area contributed by atoms with Gasteiger partial charge in [-0.25, -0.2) is 10.2 Å². The molecule has 84 valence electrons. The van der Waals surface area contributed by atoms with Gasteiger partial charge >= 0.3 is 6.03 Å². The topological polar surface area (TPSA) is 99.7 Å². The number of nitrogens with two attached hydrogens (primary N) is 1. The van der Waals surface area contributed by atoms with E-state index in [1.54, 1.807) is 0 Å². The standard InChI is InChI=1S/C10H12N4O2/c11-10(15)14-12-6-9(7-13-16)8-4-2-1-3-5-8/h1-7,13,16H,(H3,11,14,15)/b9-7+,12-6-. The summed E-state index contributed by atoms with van der Waals surface area (Å²) in [5.74, 6) is 0. The van der Waals surface area contributed by atoms with Gasteiger partial charge in [-0.1, -0.05) is 30.3 Å². The van der Waals surface area contributed by atoms with Crippen molar-refractivity contribution in [2.24, 2.45) is 10.8 Å². The number of primary amides is 1. The Morgan fingerprint density at radius 1 is 1.38 bits per heavy atom. The van der Waals surface area contributed by atoms with E-state index in [9.17, 15) is 4.79 Å². The quantitative estimate of drug-likeness (QED) is 0.443. The highest BCUT2D eigenvalue weighted by Gasteiger charge is 1.97. The molecule has 0 radical (unpaired) electrons. The van der Waals surface area contributed by atoms with E-state index in [0.29, 0.717) is 5.57 Å². The lowest BCUT2D eigenvalue weighted by Gasteiger charge is -2.01. The summed E-state index contributed by atoms with van der Waals surface area (Å²) in [5.41, 5.74) is 10.2. The number of hydrogen-bond donors (Lipinski definition) is 4. The normalized spacial score (nSPS) is 11.4. The minimum Gasteiger partial charge on any atom is -0.350 e. The SMILES string of the molecule is NC(=O)N/N=C\C(=C/NO)c1ccccc1. The highest BCUT2D eigenvalue weighted by Crippen LogP contribution is 2.10. The number of urea groups is 1. The van der Waals surface area contributed by atoms with Crippen molar-refractivity contribution in [3.8, 4) is 0 Å². The van der Waals surface area contributed by atoms with Crippen LogP contribution < -0.4 is 16.6 Å². The first-order valence-electron chi connectivity index (χ1n) is 4.47. The number of nitrogens with one attached hydrogen (secondary N) is 2. The molecule has 1 aromatic rings. The summed E-state index contributed by atoms with van der Waals surface area (Å²) in [6.45, 7) is 0. The van der Waals surface area contributed by atoms with E-state index in [0.717, 1.165) is 5.56 Å². The number of hydrogen-bond acceptors (Lipinski definition) is 4. The lowest BCUT2D eigenvalue weighted by atomic mass is 10.1. The fraction of sp³-hybridized carbons (Fsp3) is 0. The monoisotopic (exact) mass is 220 g/mol. The molecule has 0 aliphatic rings. The molecular weight excluding hydrogens is 208 g/mol. The molecular formula is C10H12N4O2. The fourth-order valence-corrected chi connectivity index (χ4v) is 1.06. The van der Waals surface area contributed by atoms with Crippen molar-refractivity contribution in [3.05, 3.63) is 42.1 Å². The summed E-state index contributed by atoms with van der Waals surface area (Å²) in [6, 6.07) is 8.47. The summed E-state index contributed by atoms with van der Waals surface area (Å²) in [5, 5.41) is 12.2. The fourth-order valence-electron chi connectivity index (χ4n) is 1.06. The van der Waals surface area contributed by atoms with Crippen molar-refractivity contribution >= 4 is 17.8 Å². The lowest BCUT2D eigenvalue weighted by molar-refractivity contribution is 0.215. The van der Waals surface area contributed by atoms with Crippen LogP contribution in [0.15, 0.2) is 41.6 Å². The molecule has 1 aromatic carbocycles. The molecule has 6 nitrogen and oxygen atoms in total. The van der Waals surface area contributed by atoms with Gasteiger partial charge in [-0.15, -0.1) is 0 Å². The van der Waals surface area contributed by atoms with E-state index < -0.39 is 6.03 Å². The molecule has 16 heavy (non-hydrogen) atoms. The van der Waals surface area contributed by atoms with E-state index in [1.807, 2.05) is 35.8 Å². The Morgan fingerprint density at radius 3 is 2.62 bits per heavy atom. The number of hydrazone groups is 1. The van der Waals surface area contributed by atoms with Crippen LogP contribution in [0.2, 0.25) is 0 Å². The van der Waals surface area contributed by atoms with Crippen molar-refractivity contribution in [2.45, 2.75) is 0 Å². The number of carbonyl (C=O) groups excluding carboxylic acids is 1. The second-order valence-electron chi connectivity index (χ2n) is 2.83. The summed E-state index contributed by atoms with van der Waals surface area (Å²) in [7, 11) is 0. The average molecular weight is 220 g/mol. The molecule has 0 fully saturated rings. The first-order chi connectivity index (χ1) is 7.74. The van der Waals surface area contributed by atoms with Gasteiger partial charge in [0.15, 0.2) is 0 Å². The van der Waals surface area contributed by atoms with Crippen LogP contribution in [-0.2, 0) is 0 Å². The third kappa shape index (κ3) is 3.81. The summed E-state index contributed by atoms with van der Waals surface area (Å²) in [4.78, 5) is 10.4. The van der Waals surface area contributed by atoms with Gasteiger partial charge in [-0.05, 0) is 5.56 Å². The van der Waals surface area contributed by atoms with Crippen LogP contribution >= 0.6 is 0 Å². The van der Waals surface area contributed by atoms with Crippen molar-refractivity contribution in [3.63, 3.8) is 0 Å². The zero-order valence-electron chi connectivity index (χ0n) is 8.42. The Hall–Kier alpha value is -2.34. The second-order valence-corrected chi connectivity index (χ2v) is 2.83. The third-order valence-electron chi connectivity index (χ3n) is 1.71. The Labute approximate surface area is 92.4 Å². The first kappa shape index (κ1) is 11.7. The van der Waals surface area contributed by atoms with Gasteiger partial charge in [0.25, 0.3) is 0 Å². The summed E-state index contributed by atoms with van der Waals surface area (Å²) < 4.78 is 0. The van der Waals surface area contributed by atoms with Gasteiger partial charge in [0.05, 0.1) is 6.21 Å². The predicted octanol–water partition coefficient (Wildman–Crippen LogP) is 0.660. The Balaban J connectivity index is 2.81. The van der Waals surface area contributed by atoms with Gasteiger partial charge in [-0.2, -0.15) is 5.10 Å². The van der Waals surface area contributed by atoms with Crippen LogP contribution in [0.5, 0.6) is 0 Å². The smallest absolute Gasteiger partial charge is 0.332 e. The first-order valence-corrected chi connectivity index (χ1v) is 4.47. The molecule has 1 rings (SSSR count). The van der Waals surface area contributed by atoms with E-state index in [-0.39, 0.29) is 0 Å². The van der Waals surface area contributed by atoms with Crippen LogP contribution in [0, 0.1) is 0 Å². The summed E-state index contributed by atoms with van der Waals surface area (Å²) >= 11 is 0. The minimum absolute atomic E-state index is 0.594. The number of nitrogens with zero attached hydrogens (tertiary/aromatic N) is 1. The highest BCUT2D eigenvalue weighted by atomic mass is 16.5.